The van der Waals surface area contributed by atoms with Gasteiger partial charge in [-0.3, -0.25) is 10.8 Å². The van der Waals surface area contributed by atoms with E-state index in [4.69, 9.17) is 5.84 Å². The van der Waals surface area contributed by atoms with Gasteiger partial charge in [-0.1, -0.05) is 12.1 Å². The van der Waals surface area contributed by atoms with Crippen molar-refractivity contribution in [3.05, 3.63) is 65.0 Å². The van der Waals surface area contributed by atoms with E-state index in [1.807, 2.05) is 0 Å². The van der Waals surface area contributed by atoms with E-state index in [1.165, 1.54) is 18.3 Å². The average Bonchev–Trinajstić information content (AvgIpc) is 2.40. The summed E-state index contributed by atoms with van der Waals surface area (Å²) in [6.45, 7) is 1.58. The molecule has 0 aliphatic heterocycles. The Morgan fingerprint density at radius 2 is 2.06 bits per heavy atom. The van der Waals surface area contributed by atoms with Crippen LogP contribution in [0.25, 0.3) is 0 Å². The number of hydrazine groups is 1. The molecule has 0 radical (unpaired) electrons. The number of halogens is 2. The van der Waals surface area contributed by atoms with E-state index in [9.17, 15) is 8.78 Å². The zero-order valence-corrected chi connectivity index (χ0v) is 9.82. The van der Waals surface area contributed by atoms with Gasteiger partial charge in [-0.2, -0.15) is 0 Å². The summed E-state index contributed by atoms with van der Waals surface area (Å²) in [4.78, 5) is 3.92. The first-order valence-electron chi connectivity index (χ1n) is 5.45. The minimum absolute atomic E-state index is 0.0921. The molecule has 1 unspecified atom stereocenters. The number of nitrogens with one attached hydrogen (secondary N) is 1. The lowest BCUT2D eigenvalue weighted by Gasteiger charge is -2.18. The van der Waals surface area contributed by atoms with Crippen molar-refractivity contribution in [1.29, 1.82) is 0 Å². The maximum Gasteiger partial charge on any atom is 0.134 e. The van der Waals surface area contributed by atoms with Crippen LogP contribution in [0.5, 0.6) is 0 Å². The van der Waals surface area contributed by atoms with Crippen molar-refractivity contribution < 1.29 is 8.78 Å². The molecule has 1 heterocycles. The van der Waals surface area contributed by atoms with Gasteiger partial charge in [-0.15, -0.1) is 0 Å². The molecule has 5 heteroatoms. The number of nitrogens with zero attached hydrogens (tertiary/aromatic N) is 1. The first-order chi connectivity index (χ1) is 8.65. The van der Waals surface area contributed by atoms with Crippen molar-refractivity contribution in [2.75, 3.05) is 0 Å². The molecule has 0 bridgehead atoms. The maximum absolute atomic E-state index is 14.0. The Morgan fingerprint density at radius 1 is 1.28 bits per heavy atom. The van der Waals surface area contributed by atoms with Crippen molar-refractivity contribution in [3.8, 4) is 0 Å². The van der Waals surface area contributed by atoms with Gasteiger partial charge < -0.3 is 0 Å². The van der Waals surface area contributed by atoms with E-state index in [2.05, 4.69) is 10.4 Å². The summed E-state index contributed by atoms with van der Waals surface area (Å²) in [5.41, 5.74) is 3.30. The van der Waals surface area contributed by atoms with Gasteiger partial charge in [0.25, 0.3) is 0 Å². The lowest BCUT2D eigenvalue weighted by molar-refractivity contribution is 0.506. The first-order valence-corrected chi connectivity index (χ1v) is 5.45. The lowest BCUT2D eigenvalue weighted by Crippen LogP contribution is -2.30. The molecule has 0 saturated carbocycles. The largest absolute Gasteiger partial charge is 0.271 e. The van der Waals surface area contributed by atoms with Gasteiger partial charge in [0.05, 0.1) is 6.04 Å². The predicted molar refractivity (Wildman–Crippen MR) is 64.5 cm³/mol. The standard InChI is InChI=1S/C13H13F2N3/c1-8-4-5-10(14)11(12(8)15)13(18-16)9-3-2-6-17-7-9/h2-7,13,18H,16H2,1H3. The highest BCUT2D eigenvalue weighted by atomic mass is 19.1. The van der Waals surface area contributed by atoms with Gasteiger partial charge in [-0.25, -0.2) is 14.2 Å². The maximum atomic E-state index is 14.0. The van der Waals surface area contributed by atoms with Gasteiger partial charge in [0, 0.05) is 18.0 Å². The summed E-state index contributed by atoms with van der Waals surface area (Å²) in [5, 5.41) is 0. The van der Waals surface area contributed by atoms with Crippen LogP contribution in [-0.4, -0.2) is 4.98 Å². The Kier molecular flexibility index (Phi) is 3.64. The normalized spacial score (nSPS) is 12.4. The quantitative estimate of drug-likeness (QED) is 0.647. The molecule has 1 atom stereocenters. The van der Waals surface area contributed by atoms with Crippen LogP contribution in [-0.2, 0) is 0 Å². The molecule has 2 aromatic rings. The van der Waals surface area contributed by atoms with E-state index < -0.39 is 17.7 Å². The third kappa shape index (κ3) is 2.23. The zero-order valence-electron chi connectivity index (χ0n) is 9.82. The predicted octanol–water partition coefficient (Wildman–Crippen LogP) is 2.22. The second-order valence-electron chi connectivity index (χ2n) is 3.98. The molecule has 0 fully saturated rings. The Morgan fingerprint density at radius 3 is 2.67 bits per heavy atom. The van der Waals surface area contributed by atoms with E-state index in [-0.39, 0.29) is 5.56 Å². The van der Waals surface area contributed by atoms with E-state index in [1.54, 1.807) is 25.3 Å². The topological polar surface area (TPSA) is 50.9 Å². The highest BCUT2D eigenvalue weighted by Crippen LogP contribution is 2.27. The van der Waals surface area contributed by atoms with Gasteiger partial charge >= 0.3 is 0 Å². The first kappa shape index (κ1) is 12.6. The van der Waals surface area contributed by atoms with Crippen LogP contribution in [0, 0.1) is 18.6 Å². The van der Waals surface area contributed by atoms with E-state index in [0.717, 1.165) is 0 Å². The summed E-state index contributed by atoms with van der Waals surface area (Å²) in [6.07, 6.45) is 3.10. The Labute approximate surface area is 104 Å². The fraction of sp³-hybridized carbons (Fsp3) is 0.154. The van der Waals surface area contributed by atoms with Gasteiger partial charge in [0.1, 0.15) is 11.6 Å². The number of nitrogens with two attached hydrogens (primary N) is 1. The van der Waals surface area contributed by atoms with Crippen molar-refractivity contribution in [2.24, 2.45) is 5.84 Å². The average molecular weight is 249 g/mol. The van der Waals surface area contributed by atoms with Gasteiger partial charge in [-0.05, 0) is 30.2 Å². The molecule has 0 amide bonds. The van der Waals surface area contributed by atoms with E-state index in [0.29, 0.717) is 11.1 Å². The third-order valence-corrected chi connectivity index (χ3v) is 2.79. The summed E-state index contributed by atoms with van der Waals surface area (Å²) in [6, 6.07) is 5.25. The fourth-order valence-electron chi connectivity index (χ4n) is 1.84. The van der Waals surface area contributed by atoms with Crippen molar-refractivity contribution in [3.63, 3.8) is 0 Å². The molecular formula is C13H13F2N3. The molecule has 0 aliphatic carbocycles. The van der Waals surface area contributed by atoms with Crippen LogP contribution in [0.15, 0.2) is 36.7 Å². The molecule has 18 heavy (non-hydrogen) atoms. The highest BCUT2D eigenvalue weighted by Gasteiger charge is 2.22. The number of aryl methyl sites for hydroxylation is 1. The minimum atomic E-state index is -0.765. The SMILES string of the molecule is Cc1ccc(F)c(C(NN)c2cccnc2)c1F. The highest BCUT2D eigenvalue weighted by molar-refractivity contribution is 5.35. The summed E-state index contributed by atoms with van der Waals surface area (Å²) in [5.74, 6) is 4.18. The molecule has 3 nitrogen and oxygen atoms in total. The molecule has 3 N–H and O–H groups in total. The monoisotopic (exact) mass is 249 g/mol. The number of benzene rings is 1. The Bertz CT molecular complexity index is 543. The van der Waals surface area contributed by atoms with Crippen molar-refractivity contribution in [1.82, 2.24) is 10.4 Å². The number of hydrogen-bond donors (Lipinski definition) is 2. The molecule has 1 aromatic heterocycles. The summed E-state index contributed by atoms with van der Waals surface area (Å²) >= 11 is 0. The Balaban J connectivity index is 2.56. The van der Waals surface area contributed by atoms with Gasteiger partial charge in [0.15, 0.2) is 0 Å². The second-order valence-corrected chi connectivity index (χ2v) is 3.98. The lowest BCUT2D eigenvalue weighted by atomic mass is 9.98. The molecule has 0 spiro atoms. The third-order valence-electron chi connectivity index (χ3n) is 2.79. The molecule has 1 aromatic carbocycles. The van der Waals surface area contributed by atoms with Crippen LogP contribution in [0.3, 0.4) is 0 Å². The smallest absolute Gasteiger partial charge is 0.134 e. The molecule has 94 valence electrons. The molecule has 2 rings (SSSR count). The number of hydrogen-bond acceptors (Lipinski definition) is 3. The van der Waals surface area contributed by atoms with Gasteiger partial charge in [0.2, 0.25) is 0 Å². The van der Waals surface area contributed by atoms with Crippen molar-refractivity contribution >= 4 is 0 Å². The number of rotatable bonds is 3. The number of pyridine rings is 1. The second kappa shape index (κ2) is 5.20. The van der Waals surface area contributed by atoms with Crippen LogP contribution in [0.1, 0.15) is 22.7 Å². The zero-order chi connectivity index (χ0) is 13.1. The number of aromatic nitrogens is 1. The Hall–Kier alpha value is -1.85. The fourth-order valence-corrected chi connectivity index (χ4v) is 1.84. The summed E-state index contributed by atoms with van der Waals surface area (Å²) in [7, 11) is 0. The van der Waals surface area contributed by atoms with Crippen LogP contribution < -0.4 is 11.3 Å². The van der Waals surface area contributed by atoms with Crippen LogP contribution >= 0.6 is 0 Å². The molecular weight excluding hydrogens is 236 g/mol. The van der Waals surface area contributed by atoms with Crippen LogP contribution in [0.2, 0.25) is 0 Å². The van der Waals surface area contributed by atoms with Crippen molar-refractivity contribution in [2.45, 2.75) is 13.0 Å². The summed E-state index contributed by atoms with van der Waals surface area (Å²) < 4.78 is 27.8. The molecule has 0 saturated heterocycles. The van der Waals surface area contributed by atoms with E-state index >= 15 is 0 Å². The molecule has 0 aliphatic rings. The minimum Gasteiger partial charge on any atom is -0.271 e. The van der Waals surface area contributed by atoms with Crippen LogP contribution in [0.4, 0.5) is 8.78 Å².